The molecule has 0 aliphatic carbocycles. The molecule has 0 aliphatic heterocycles. The van der Waals surface area contributed by atoms with E-state index in [9.17, 15) is 23.7 Å². The monoisotopic (exact) mass is 232 g/mol. The van der Waals surface area contributed by atoms with Crippen molar-refractivity contribution in [2.75, 3.05) is 0 Å². The lowest BCUT2D eigenvalue weighted by Gasteiger charge is -1.99. The molecule has 9 heteroatoms. The van der Waals surface area contributed by atoms with Gasteiger partial charge in [0, 0.05) is 0 Å². The van der Waals surface area contributed by atoms with Gasteiger partial charge in [-0.2, -0.15) is 8.78 Å². The Morgan fingerprint density at radius 3 is 2.94 bits per heavy atom. The van der Waals surface area contributed by atoms with Crippen molar-refractivity contribution in [2.45, 2.75) is 6.54 Å². The summed E-state index contributed by atoms with van der Waals surface area (Å²) in [5.74, 6) is -1.20. The molecule has 0 fully saturated rings. The molecule has 0 bridgehead atoms. The van der Waals surface area contributed by atoms with E-state index in [1.165, 1.54) is 0 Å². The quantitative estimate of drug-likeness (QED) is 0.609. The maximum Gasteiger partial charge on any atom is 0.343 e. The third-order valence-corrected chi connectivity index (χ3v) is 1.53. The Kier molecular flexibility index (Phi) is 3.64. The summed E-state index contributed by atoms with van der Waals surface area (Å²) in [5, 5.41) is 12.2. The summed E-state index contributed by atoms with van der Waals surface area (Å²) < 4.78 is 24.1. The van der Waals surface area contributed by atoms with Gasteiger partial charge in [0.25, 0.3) is 12.0 Å². The molecule has 0 saturated heterocycles. The molecule has 0 aromatic carbocycles. The minimum Gasteiger partial charge on any atom is -0.358 e. The molecule has 1 amide bonds. The fraction of sp³-hybridized carbons (Fsp3) is 0.143. The number of carbonyl (C=O) groups is 1. The van der Waals surface area contributed by atoms with E-state index in [-0.39, 0.29) is 12.0 Å². The van der Waals surface area contributed by atoms with Gasteiger partial charge in [0.2, 0.25) is 0 Å². The van der Waals surface area contributed by atoms with E-state index in [2.05, 4.69) is 4.98 Å². The molecule has 0 saturated carbocycles. The molecule has 86 valence electrons. The highest BCUT2D eigenvalue weighted by atomic mass is 19.3. The summed E-state index contributed by atoms with van der Waals surface area (Å²) in [6, 6.07) is 0. The van der Waals surface area contributed by atoms with Gasteiger partial charge < -0.3 is 15.4 Å². The number of hydrogen-bond acceptors (Lipinski definition) is 4. The summed E-state index contributed by atoms with van der Waals surface area (Å²) in [7, 11) is 0. The van der Waals surface area contributed by atoms with Crippen molar-refractivity contribution in [3.63, 3.8) is 0 Å². The van der Waals surface area contributed by atoms with Crippen LogP contribution in [0, 0.1) is 10.1 Å². The summed E-state index contributed by atoms with van der Waals surface area (Å²) in [5.41, 5.74) is 0. The van der Waals surface area contributed by atoms with Gasteiger partial charge in [-0.1, -0.05) is 0 Å². The highest BCUT2D eigenvalue weighted by molar-refractivity contribution is 5.77. The van der Waals surface area contributed by atoms with Gasteiger partial charge in [0.05, 0.1) is 6.20 Å². The Morgan fingerprint density at radius 1 is 1.69 bits per heavy atom. The van der Waals surface area contributed by atoms with Gasteiger partial charge in [-0.05, 0) is 4.92 Å². The molecule has 1 heterocycles. The average molecular weight is 232 g/mol. The van der Waals surface area contributed by atoms with E-state index in [4.69, 9.17) is 0 Å². The molecular weight excluding hydrogens is 226 g/mol. The number of halogens is 2. The molecule has 1 aromatic heterocycles. The molecule has 0 unspecified atom stereocenters. The maximum absolute atomic E-state index is 11.6. The SMILES string of the molecule is O=C(Cn1cncc1[N+](=O)[O-])NC=C(F)F. The highest BCUT2D eigenvalue weighted by Crippen LogP contribution is 2.08. The summed E-state index contributed by atoms with van der Waals surface area (Å²) >= 11 is 0. The minimum absolute atomic E-state index is 0.213. The number of nitrogens with one attached hydrogen (secondary N) is 1. The van der Waals surface area contributed by atoms with Crippen LogP contribution in [0.4, 0.5) is 14.6 Å². The zero-order valence-corrected chi connectivity index (χ0v) is 7.76. The zero-order chi connectivity index (χ0) is 12.1. The van der Waals surface area contributed by atoms with E-state index >= 15 is 0 Å². The van der Waals surface area contributed by atoms with Gasteiger partial charge in [-0.15, -0.1) is 0 Å². The third kappa shape index (κ3) is 3.12. The van der Waals surface area contributed by atoms with Crippen LogP contribution in [0.3, 0.4) is 0 Å². The number of nitro groups is 1. The number of aromatic nitrogens is 2. The zero-order valence-electron chi connectivity index (χ0n) is 7.76. The second-order valence-electron chi connectivity index (χ2n) is 2.64. The van der Waals surface area contributed by atoms with Crippen molar-refractivity contribution >= 4 is 11.7 Å². The van der Waals surface area contributed by atoms with Crippen LogP contribution >= 0.6 is 0 Å². The van der Waals surface area contributed by atoms with E-state index in [1.807, 2.05) is 0 Å². The number of amides is 1. The van der Waals surface area contributed by atoms with Gasteiger partial charge >= 0.3 is 5.82 Å². The van der Waals surface area contributed by atoms with Gasteiger partial charge in [-0.25, -0.2) is 9.55 Å². The second-order valence-corrected chi connectivity index (χ2v) is 2.64. The standard InChI is InChI=1S/C7H6F2N4O3/c8-5(9)1-11-6(14)3-12-4-10-2-7(12)13(15)16/h1-2,4H,3H2,(H,11,14). The van der Waals surface area contributed by atoms with Crippen molar-refractivity contribution in [3.05, 3.63) is 34.9 Å². The second kappa shape index (κ2) is 4.96. The Labute approximate surface area is 87.5 Å². The van der Waals surface area contributed by atoms with Crippen LogP contribution in [0.25, 0.3) is 0 Å². The van der Waals surface area contributed by atoms with Crippen LogP contribution in [0.15, 0.2) is 24.8 Å². The number of imidazole rings is 1. The van der Waals surface area contributed by atoms with Crippen molar-refractivity contribution in [3.8, 4) is 0 Å². The van der Waals surface area contributed by atoms with Crippen LogP contribution in [-0.2, 0) is 11.3 Å². The van der Waals surface area contributed by atoms with Crippen LogP contribution in [-0.4, -0.2) is 20.4 Å². The Morgan fingerprint density at radius 2 is 2.38 bits per heavy atom. The molecular formula is C7H6F2N4O3. The molecule has 1 N–H and O–H groups in total. The maximum atomic E-state index is 11.6. The Hall–Kier alpha value is -2.32. The number of nitrogens with zero attached hydrogens (tertiary/aromatic N) is 3. The normalized spacial score (nSPS) is 9.62. The fourth-order valence-electron chi connectivity index (χ4n) is 0.923. The Bertz CT molecular complexity index is 439. The summed E-state index contributed by atoms with van der Waals surface area (Å²) in [6.45, 7) is -0.458. The molecule has 7 nitrogen and oxygen atoms in total. The Balaban J connectivity index is 2.66. The van der Waals surface area contributed by atoms with Crippen molar-refractivity contribution in [2.24, 2.45) is 0 Å². The summed E-state index contributed by atoms with van der Waals surface area (Å²) in [6.07, 6.45) is 0.172. The molecule has 0 atom stereocenters. The number of carbonyl (C=O) groups excluding carboxylic acids is 1. The lowest BCUT2D eigenvalue weighted by molar-refractivity contribution is -0.392. The topological polar surface area (TPSA) is 90.1 Å². The lowest BCUT2D eigenvalue weighted by Crippen LogP contribution is -2.23. The largest absolute Gasteiger partial charge is 0.358 e. The predicted octanol–water partition coefficient (Wildman–Crippen LogP) is 0.645. The first kappa shape index (κ1) is 11.8. The van der Waals surface area contributed by atoms with Crippen LogP contribution in [0.1, 0.15) is 0 Å². The fourth-order valence-corrected chi connectivity index (χ4v) is 0.923. The van der Waals surface area contributed by atoms with Crippen LogP contribution in [0.2, 0.25) is 0 Å². The van der Waals surface area contributed by atoms with E-state index in [0.717, 1.165) is 17.1 Å². The number of hydrogen-bond donors (Lipinski definition) is 1. The van der Waals surface area contributed by atoms with Crippen molar-refractivity contribution in [1.82, 2.24) is 14.9 Å². The van der Waals surface area contributed by atoms with Crippen molar-refractivity contribution < 1.29 is 18.5 Å². The van der Waals surface area contributed by atoms with Gasteiger partial charge in [-0.3, -0.25) is 4.79 Å². The first-order valence-corrected chi connectivity index (χ1v) is 3.95. The minimum atomic E-state index is -2.06. The van der Waals surface area contributed by atoms with Crippen LogP contribution in [0.5, 0.6) is 0 Å². The highest BCUT2D eigenvalue weighted by Gasteiger charge is 2.15. The molecule has 1 rings (SSSR count). The van der Waals surface area contributed by atoms with E-state index < -0.39 is 23.5 Å². The molecule has 0 aliphatic rings. The first-order chi connectivity index (χ1) is 7.50. The number of rotatable bonds is 4. The first-order valence-electron chi connectivity index (χ1n) is 3.95. The van der Waals surface area contributed by atoms with Gasteiger partial charge in [0.15, 0.2) is 12.9 Å². The van der Waals surface area contributed by atoms with Crippen LogP contribution < -0.4 is 5.32 Å². The smallest absolute Gasteiger partial charge is 0.343 e. The molecule has 0 radical (unpaired) electrons. The molecule has 1 aromatic rings. The van der Waals surface area contributed by atoms with Gasteiger partial charge in [0.1, 0.15) is 6.20 Å². The van der Waals surface area contributed by atoms with E-state index in [1.54, 1.807) is 5.32 Å². The summed E-state index contributed by atoms with van der Waals surface area (Å²) in [4.78, 5) is 24.2. The van der Waals surface area contributed by atoms with E-state index in [0.29, 0.717) is 0 Å². The van der Waals surface area contributed by atoms with Crippen molar-refractivity contribution in [1.29, 1.82) is 0 Å². The molecule has 16 heavy (non-hydrogen) atoms. The lowest BCUT2D eigenvalue weighted by atomic mass is 10.5. The average Bonchev–Trinajstić information content (AvgIpc) is 2.62. The predicted molar refractivity (Wildman–Crippen MR) is 47.3 cm³/mol. The third-order valence-electron chi connectivity index (χ3n) is 1.53. The molecule has 0 spiro atoms.